The van der Waals surface area contributed by atoms with Crippen molar-refractivity contribution in [2.45, 2.75) is 63.2 Å². The molecule has 6 heteroatoms. The Morgan fingerprint density at radius 1 is 1.13 bits per heavy atom. The van der Waals surface area contributed by atoms with E-state index in [0.717, 1.165) is 55.6 Å². The lowest BCUT2D eigenvalue weighted by Gasteiger charge is -2.30. The Kier molecular flexibility index (Phi) is 7.07. The Balaban J connectivity index is 1.29. The predicted octanol–water partition coefficient (Wildman–Crippen LogP) is 4.73. The molecule has 166 valence electrons. The van der Waals surface area contributed by atoms with Crippen molar-refractivity contribution in [1.29, 1.82) is 0 Å². The van der Waals surface area contributed by atoms with E-state index in [2.05, 4.69) is 5.32 Å². The second kappa shape index (κ2) is 10.1. The van der Waals surface area contributed by atoms with Crippen molar-refractivity contribution in [3.05, 3.63) is 59.4 Å². The SMILES string of the molecule is COCCC(=O)NC1CCC(Oc2ccc3c(c2)CCC(c2ccccc2F)O3)CC1. The van der Waals surface area contributed by atoms with E-state index in [1.165, 1.54) is 6.07 Å². The number of benzene rings is 2. The molecule has 0 saturated heterocycles. The highest BCUT2D eigenvalue weighted by molar-refractivity contribution is 5.76. The average Bonchev–Trinajstić information content (AvgIpc) is 2.79. The number of fused-ring (bicyclic) bond motifs is 1. The zero-order chi connectivity index (χ0) is 21.6. The number of hydrogen-bond donors (Lipinski definition) is 1. The summed E-state index contributed by atoms with van der Waals surface area (Å²) in [6, 6.07) is 12.9. The Hall–Kier alpha value is -2.60. The van der Waals surface area contributed by atoms with Crippen molar-refractivity contribution < 1.29 is 23.4 Å². The van der Waals surface area contributed by atoms with Crippen LogP contribution in [-0.4, -0.2) is 31.8 Å². The Morgan fingerprint density at radius 3 is 2.71 bits per heavy atom. The van der Waals surface area contributed by atoms with E-state index in [-0.39, 0.29) is 30.0 Å². The number of methoxy groups -OCH3 is 1. The first-order valence-corrected chi connectivity index (χ1v) is 11.1. The molecule has 1 atom stereocenters. The minimum Gasteiger partial charge on any atom is -0.490 e. The molecule has 1 N–H and O–H groups in total. The third kappa shape index (κ3) is 5.56. The maximum atomic E-state index is 14.1. The second-order valence-corrected chi connectivity index (χ2v) is 8.34. The van der Waals surface area contributed by atoms with Gasteiger partial charge in [0.25, 0.3) is 0 Å². The molecule has 1 amide bonds. The molecule has 1 aliphatic heterocycles. The monoisotopic (exact) mass is 427 g/mol. The molecule has 1 aliphatic carbocycles. The summed E-state index contributed by atoms with van der Waals surface area (Å²) in [5, 5.41) is 3.08. The molecular formula is C25H30FNO4. The van der Waals surface area contributed by atoms with Crippen LogP contribution in [0.1, 0.15) is 55.8 Å². The van der Waals surface area contributed by atoms with Gasteiger partial charge >= 0.3 is 0 Å². The summed E-state index contributed by atoms with van der Waals surface area (Å²) in [7, 11) is 1.60. The average molecular weight is 428 g/mol. The first-order valence-electron chi connectivity index (χ1n) is 11.1. The fraction of sp³-hybridized carbons (Fsp3) is 0.480. The van der Waals surface area contributed by atoms with Crippen LogP contribution < -0.4 is 14.8 Å². The lowest BCUT2D eigenvalue weighted by Crippen LogP contribution is -2.40. The number of nitrogens with one attached hydrogen (secondary N) is 1. The van der Waals surface area contributed by atoms with E-state index in [1.54, 1.807) is 19.2 Å². The van der Waals surface area contributed by atoms with Crippen molar-refractivity contribution in [2.75, 3.05) is 13.7 Å². The molecule has 2 aliphatic rings. The van der Waals surface area contributed by atoms with E-state index in [1.807, 2.05) is 24.3 Å². The van der Waals surface area contributed by atoms with Crippen molar-refractivity contribution in [3.8, 4) is 11.5 Å². The zero-order valence-electron chi connectivity index (χ0n) is 17.9. The van der Waals surface area contributed by atoms with Crippen LogP contribution in [0.25, 0.3) is 0 Å². The fourth-order valence-corrected chi connectivity index (χ4v) is 4.41. The van der Waals surface area contributed by atoms with E-state index in [4.69, 9.17) is 14.2 Å². The molecule has 5 nitrogen and oxygen atoms in total. The van der Waals surface area contributed by atoms with Gasteiger partial charge in [0.2, 0.25) is 5.91 Å². The van der Waals surface area contributed by atoms with Gasteiger partial charge in [-0.1, -0.05) is 18.2 Å². The molecule has 31 heavy (non-hydrogen) atoms. The molecule has 1 unspecified atom stereocenters. The molecular weight excluding hydrogens is 397 g/mol. The second-order valence-electron chi connectivity index (χ2n) is 8.34. The van der Waals surface area contributed by atoms with Crippen molar-refractivity contribution in [3.63, 3.8) is 0 Å². The number of ether oxygens (including phenoxy) is 3. The summed E-state index contributed by atoms with van der Waals surface area (Å²) in [5.41, 5.74) is 1.71. The summed E-state index contributed by atoms with van der Waals surface area (Å²) >= 11 is 0. The predicted molar refractivity (Wildman–Crippen MR) is 116 cm³/mol. The summed E-state index contributed by atoms with van der Waals surface area (Å²) in [5.74, 6) is 1.48. The van der Waals surface area contributed by atoms with Crippen LogP contribution in [0.2, 0.25) is 0 Å². The Labute approximate surface area is 182 Å². The van der Waals surface area contributed by atoms with Crippen LogP contribution in [-0.2, 0) is 16.0 Å². The molecule has 2 aromatic carbocycles. The number of halogens is 1. The van der Waals surface area contributed by atoms with E-state index >= 15 is 0 Å². The first-order chi connectivity index (χ1) is 15.1. The minimum absolute atomic E-state index is 0.0505. The van der Waals surface area contributed by atoms with Gasteiger partial charge in [0.1, 0.15) is 23.4 Å². The largest absolute Gasteiger partial charge is 0.490 e. The number of carbonyl (C=O) groups excluding carboxylic acids is 1. The number of carbonyl (C=O) groups is 1. The lowest BCUT2D eigenvalue weighted by atomic mass is 9.92. The molecule has 4 rings (SSSR count). The number of rotatable bonds is 7. The summed E-state index contributed by atoms with van der Waals surface area (Å²) in [6.07, 6.45) is 5.54. The van der Waals surface area contributed by atoms with Gasteiger partial charge in [0.05, 0.1) is 12.7 Å². The summed E-state index contributed by atoms with van der Waals surface area (Å²) in [4.78, 5) is 11.9. The van der Waals surface area contributed by atoms with Gasteiger partial charge in [0.15, 0.2) is 0 Å². The number of aryl methyl sites for hydroxylation is 1. The van der Waals surface area contributed by atoms with Crippen LogP contribution in [0.4, 0.5) is 4.39 Å². The molecule has 0 radical (unpaired) electrons. The van der Waals surface area contributed by atoms with E-state index < -0.39 is 0 Å². The number of amides is 1. The van der Waals surface area contributed by atoms with Crippen LogP contribution >= 0.6 is 0 Å². The van der Waals surface area contributed by atoms with Crippen LogP contribution in [0.3, 0.4) is 0 Å². The van der Waals surface area contributed by atoms with Crippen molar-refractivity contribution in [1.82, 2.24) is 5.32 Å². The standard InChI is InChI=1S/C25H30FNO4/c1-29-15-14-25(28)27-18-7-9-19(10-8-18)30-20-11-13-23-17(16-20)6-12-24(31-23)21-4-2-3-5-22(21)26/h2-5,11,13,16,18-19,24H,6-10,12,14-15H2,1H3,(H,27,28). The van der Waals surface area contributed by atoms with Crippen LogP contribution in [0, 0.1) is 5.82 Å². The zero-order valence-corrected chi connectivity index (χ0v) is 17.9. The van der Waals surface area contributed by atoms with Gasteiger partial charge in [-0.3, -0.25) is 4.79 Å². The van der Waals surface area contributed by atoms with Crippen molar-refractivity contribution >= 4 is 5.91 Å². The molecule has 0 spiro atoms. The molecule has 1 heterocycles. The lowest BCUT2D eigenvalue weighted by molar-refractivity contribution is -0.123. The van der Waals surface area contributed by atoms with E-state index in [9.17, 15) is 9.18 Å². The topological polar surface area (TPSA) is 56.8 Å². The van der Waals surface area contributed by atoms with Gasteiger partial charge < -0.3 is 19.5 Å². The van der Waals surface area contributed by atoms with Gasteiger partial charge in [-0.2, -0.15) is 0 Å². The highest BCUT2D eigenvalue weighted by Crippen LogP contribution is 2.38. The minimum atomic E-state index is -0.255. The van der Waals surface area contributed by atoms with Crippen molar-refractivity contribution in [2.24, 2.45) is 0 Å². The summed E-state index contributed by atoms with van der Waals surface area (Å²) in [6.45, 7) is 0.452. The Morgan fingerprint density at radius 2 is 1.94 bits per heavy atom. The molecule has 0 bridgehead atoms. The summed E-state index contributed by atoms with van der Waals surface area (Å²) < 4.78 is 31.3. The van der Waals surface area contributed by atoms with Gasteiger partial charge in [-0.15, -0.1) is 0 Å². The van der Waals surface area contributed by atoms with E-state index in [0.29, 0.717) is 18.6 Å². The van der Waals surface area contributed by atoms with Gasteiger partial charge in [-0.25, -0.2) is 4.39 Å². The molecule has 1 fully saturated rings. The van der Waals surface area contributed by atoms with Gasteiger partial charge in [0, 0.05) is 25.1 Å². The molecule has 0 aromatic heterocycles. The highest BCUT2D eigenvalue weighted by Gasteiger charge is 2.26. The maximum absolute atomic E-state index is 14.1. The van der Waals surface area contributed by atoms with Gasteiger partial charge in [-0.05, 0) is 68.4 Å². The number of hydrogen-bond acceptors (Lipinski definition) is 4. The quantitative estimate of drug-likeness (QED) is 0.694. The van der Waals surface area contributed by atoms with Crippen LogP contribution in [0.15, 0.2) is 42.5 Å². The smallest absolute Gasteiger partial charge is 0.222 e. The molecule has 1 saturated carbocycles. The maximum Gasteiger partial charge on any atom is 0.222 e. The normalized spacial score (nSPS) is 22.8. The van der Waals surface area contributed by atoms with Crippen LogP contribution in [0.5, 0.6) is 11.5 Å². The first kappa shape index (κ1) is 21.6. The third-order valence-electron chi connectivity index (χ3n) is 6.10. The Bertz CT molecular complexity index is 895. The molecule has 2 aromatic rings. The highest BCUT2D eigenvalue weighted by atomic mass is 19.1. The fourth-order valence-electron chi connectivity index (χ4n) is 4.41. The third-order valence-corrected chi connectivity index (χ3v) is 6.10.